The number of nitrogens with one attached hydrogen (secondary N) is 1. The van der Waals surface area contributed by atoms with Gasteiger partial charge in [-0.1, -0.05) is 29.8 Å². The van der Waals surface area contributed by atoms with Crippen LogP contribution in [0.2, 0.25) is 5.02 Å². The summed E-state index contributed by atoms with van der Waals surface area (Å²) in [6.07, 6.45) is 3.40. The van der Waals surface area contributed by atoms with Crippen molar-refractivity contribution in [3.05, 3.63) is 75.9 Å². The lowest BCUT2D eigenvalue weighted by molar-refractivity contribution is -0.00230. The minimum absolute atomic E-state index is 0.0566. The smallest absolute Gasteiger partial charge is 0.212 e. The van der Waals surface area contributed by atoms with E-state index in [1.165, 1.54) is 18.3 Å². The molecule has 1 aromatic carbocycles. The number of nitrogen functional groups attached to an aromatic ring is 1. The molecule has 3 aromatic heterocycles. The van der Waals surface area contributed by atoms with Gasteiger partial charge in [0.2, 0.25) is 10.0 Å². The van der Waals surface area contributed by atoms with Crippen LogP contribution in [0.25, 0.3) is 21.3 Å². The van der Waals surface area contributed by atoms with Crippen LogP contribution in [0.4, 0.5) is 5.82 Å². The number of halogens is 1. The maximum Gasteiger partial charge on any atom is 0.212 e. The standard InChI is InChI=1S/C26H27ClN4O4S2/c1-26(33,14-32)17-9-10-29-20(12-17)18-4-2-3-16-11-21(36-25(16)18)24(23-19(27)7-8-22(28)30-23)31-37(34,35)13-15-5-6-15/h2-4,7-12,15,24,31-33H,5-6,13-14H2,1H3,(H2,28,30). The lowest BCUT2D eigenvalue weighted by atomic mass is 9.96. The quantitative estimate of drug-likeness (QED) is 0.241. The summed E-state index contributed by atoms with van der Waals surface area (Å²) in [6, 6.07) is 13.5. The van der Waals surface area contributed by atoms with E-state index in [1.54, 1.807) is 30.5 Å². The number of aromatic nitrogens is 2. The molecule has 0 saturated heterocycles. The summed E-state index contributed by atoms with van der Waals surface area (Å²) in [4.78, 5) is 9.59. The number of nitrogens with zero attached hydrogens (tertiary/aromatic N) is 2. The fraction of sp³-hybridized carbons (Fsp3) is 0.308. The van der Waals surface area contributed by atoms with Crippen LogP contribution in [-0.2, 0) is 15.6 Å². The number of aliphatic hydroxyl groups excluding tert-OH is 1. The van der Waals surface area contributed by atoms with Crippen molar-refractivity contribution in [1.82, 2.24) is 14.7 Å². The van der Waals surface area contributed by atoms with Crippen LogP contribution in [0.5, 0.6) is 0 Å². The predicted octanol–water partition coefficient (Wildman–Crippen LogP) is 4.21. The van der Waals surface area contributed by atoms with Crippen LogP contribution < -0.4 is 10.5 Å². The lowest BCUT2D eigenvalue weighted by Gasteiger charge is -2.21. The van der Waals surface area contributed by atoms with Crippen LogP contribution in [-0.4, -0.2) is 41.0 Å². The van der Waals surface area contributed by atoms with Crippen molar-refractivity contribution in [2.75, 3.05) is 18.1 Å². The topological polar surface area (TPSA) is 138 Å². The van der Waals surface area contributed by atoms with Gasteiger partial charge in [-0.05, 0) is 67.0 Å². The van der Waals surface area contributed by atoms with Crippen LogP contribution in [0, 0.1) is 5.92 Å². The van der Waals surface area contributed by atoms with Crippen LogP contribution in [0.1, 0.15) is 41.9 Å². The van der Waals surface area contributed by atoms with E-state index in [0.717, 1.165) is 28.5 Å². The first kappa shape index (κ1) is 26.0. The molecule has 0 aliphatic heterocycles. The molecule has 5 rings (SSSR count). The third-order valence-electron chi connectivity index (χ3n) is 6.43. The van der Waals surface area contributed by atoms with Gasteiger partial charge >= 0.3 is 0 Å². The van der Waals surface area contributed by atoms with Gasteiger partial charge in [0, 0.05) is 21.3 Å². The number of hydrogen-bond donors (Lipinski definition) is 4. The number of sulfonamides is 1. The molecule has 194 valence electrons. The molecule has 11 heteroatoms. The molecule has 2 unspecified atom stereocenters. The third kappa shape index (κ3) is 5.64. The van der Waals surface area contributed by atoms with Crippen molar-refractivity contribution in [3.8, 4) is 11.3 Å². The van der Waals surface area contributed by atoms with Crippen LogP contribution >= 0.6 is 22.9 Å². The van der Waals surface area contributed by atoms with Crippen LogP contribution in [0.3, 0.4) is 0 Å². The first-order valence-corrected chi connectivity index (χ1v) is 14.7. The number of pyridine rings is 2. The Labute approximate surface area is 224 Å². The molecule has 0 amide bonds. The van der Waals surface area contributed by atoms with Gasteiger partial charge in [-0.2, -0.15) is 0 Å². The monoisotopic (exact) mass is 558 g/mol. The molecule has 1 saturated carbocycles. The minimum atomic E-state index is -3.61. The summed E-state index contributed by atoms with van der Waals surface area (Å²) in [6.45, 7) is 1.11. The Morgan fingerprint density at radius 2 is 2.03 bits per heavy atom. The molecule has 1 fully saturated rings. The predicted molar refractivity (Wildman–Crippen MR) is 147 cm³/mol. The molecular formula is C26H27ClN4O4S2. The minimum Gasteiger partial charge on any atom is -0.393 e. The zero-order valence-electron chi connectivity index (χ0n) is 20.1. The third-order valence-corrected chi connectivity index (χ3v) is 9.50. The molecular weight excluding hydrogens is 532 g/mol. The first-order chi connectivity index (χ1) is 17.6. The molecule has 0 bridgehead atoms. The highest BCUT2D eigenvalue weighted by atomic mass is 35.5. The zero-order chi connectivity index (χ0) is 26.4. The van der Waals surface area contributed by atoms with E-state index >= 15 is 0 Å². The van der Waals surface area contributed by atoms with E-state index in [0.29, 0.717) is 26.9 Å². The summed E-state index contributed by atoms with van der Waals surface area (Å²) in [7, 11) is -3.61. The Morgan fingerprint density at radius 1 is 1.24 bits per heavy atom. The molecule has 37 heavy (non-hydrogen) atoms. The van der Waals surface area contributed by atoms with Gasteiger partial charge < -0.3 is 15.9 Å². The highest BCUT2D eigenvalue weighted by Gasteiger charge is 2.32. The average Bonchev–Trinajstić information content (AvgIpc) is 3.56. The number of thiophene rings is 1. The number of nitrogens with two attached hydrogens (primary N) is 1. The molecule has 8 nitrogen and oxygen atoms in total. The first-order valence-electron chi connectivity index (χ1n) is 11.8. The van der Waals surface area contributed by atoms with Gasteiger partial charge in [0.15, 0.2) is 0 Å². The number of rotatable bonds is 9. The second kappa shape index (κ2) is 9.94. The van der Waals surface area contributed by atoms with Gasteiger partial charge in [0.05, 0.1) is 34.8 Å². The summed E-state index contributed by atoms with van der Waals surface area (Å²) < 4.78 is 29.8. The summed E-state index contributed by atoms with van der Waals surface area (Å²) in [5, 5.41) is 21.3. The van der Waals surface area contributed by atoms with Crippen molar-refractivity contribution in [3.63, 3.8) is 0 Å². The van der Waals surface area contributed by atoms with Crippen LogP contribution in [0.15, 0.2) is 54.7 Å². The Hall–Kier alpha value is -2.60. The van der Waals surface area contributed by atoms with Gasteiger partial charge in [-0.15, -0.1) is 11.3 Å². The molecule has 1 aliphatic rings. The number of benzene rings is 1. The average molecular weight is 559 g/mol. The van der Waals surface area contributed by atoms with Crippen molar-refractivity contribution in [2.45, 2.75) is 31.4 Å². The Balaban J connectivity index is 1.62. The maximum absolute atomic E-state index is 13.0. The molecule has 1 aliphatic carbocycles. The van der Waals surface area contributed by atoms with E-state index in [9.17, 15) is 18.6 Å². The normalized spacial score (nSPS) is 16.5. The van der Waals surface area contributed by atoms with E-state index < -0.39 is 28.3 Å². The van der Waals surface area contributed by atoms with E-state index in [-0.39, 0.29) is 17.5 Å². The van der Waals surface area contributed by atoms with E-state index in [2.05, 4.69) is 14.7 Å². The van der Waals surface area contributed by atoms with Gasteiger partial charge in [-0.25, -0.2) is 18.1 Å². The molecule has 0 radical (unpaired) electrons. The molecule has 4 aromatic rings. The van der Waals surface area contributed by atoms with Crippen molar-refractivity contribution < 1.29 is 18.6 Å². The lowest BCUT2D eigenvalue weighted by Crippen LogP contribution is -2.32. The van der Waals surface area contributed by atoms with Crippen molar-refractivity contribution >= 4 is 48.9 Å². The largest absolute Gasteiger partial charge is 0.393 e. The fourth-order valence-corrected chi connectivity index (χ4v) is 7.35. The Bertz CT molecular complexity index is 1570. The van der Waals surface area contributed by atoms with Gasteiger partial charge in [0.1, 0.15) is 11.4 Å². The number of hydrogen-bond acceptors (Lipinski definition) is 8. The van der Waals surface area contributed by atoms with E-state index in [4.69, 9.17) is 17.3 Å². The Morgan fingerprint density at radius 3 is 2.76 bits per heavy atom. The van der Waals surface area contributed by atoms with E-state index in [1.807, 2.05) is 24.3 Å². The second-order valence-electron chi connectivity index (χ2n) is 9.61. The molecule has 5 N–H and O–H groups in total. The van der Waals surface area contributed by atoms with Crippen molar-refractivity contribution in [1.29, 1.82) is 0 Å². The number of anilines is 1. The summed E-state index contributed by atoms with van der Waals surface area (Å²) in [5.41, 5.74) is 6.85. The van der Waals surface area contributed by atoms with Gasteiger partial charge in [-0.3, -0.25) is 4.98 Å². The SMILES string of the molecule is CC(O)(CO)c1ccnc(-c2cccc3cc(C(NS(=O)(=O)CC4CC4)c4nc(N)ccc4Cl)sc23)c1. The second-order valence-corrected chi connectivity index (χ2v) is 12.9. The number of fused-ring (bicyclic) bond motifs is 1. The summed E-state index contributed by atoms with van der Waals surface area (Å²) in [5.74, 6) is 0.469. The Kier molecular flexibility index (Phi) is 6.99. The summed E-state index contributed by atoms with van der Waals surface area (Å²) >= 11 is 7.90. The zero-order valence-corrected chi connectivity index (χ0v) is 22.4. The number of aliphatic hydroxyl groups is 2. The van der Waals surface area contributed by atoms with Crippen molar-refractivity contribution in [2.24, 2.45) is 5.92 Å². The fourth-order valence-electron chi connectivity index (χ4n) is 4.18. The van der Waals surface area contributed by atoms with Gasteiger partial charge in [0.25, 0.3) is 0 Å². The molecule has 2 atom stereocenters. The molecule has 0 spiro atoms. The highest BCUT2D eigenvalue weighted by Crippen LogP contribution is 2.40. The maximum atomic E-state index is 13.0. The highest BCUT2D eigenvalue weighted by molar-refractivity contribution is 7.89. The molecule has 3 heterocycles.